The van der Waals surface area contributed by atoms with Gasteiger partial charge in [-0.2, -0.15) is 0 Å². The highest BCUT2D eigenvalue weighted by Gasteiger charge is 2.14. The van der Waals surface area contributed by atoms with Gasteiger partial charge in [0.15, 0.2) is 0 Å². The van der Waals surface area contributed by atoms with Gasteiger partial charge in [0.05, 0.1) is 6.61 Å². The van der Waals surface area contributed by atoms with Crippen LogP contribution in [-0.4, -0.2) is 26.9 Å². The lowest BCUT2D eigenvalue weighted by molar-refractivity contribution is 0.0520. The molecule has 0 saturated heterocycles. The molecule has 3 rings (SSSR count). The summed E-state index contributed by atoms with van der Waals surface area (Å²) in [6.07, 6.45) is 1.92. The van der Waals surface area contributed by atoms with Crippen molar-refractivity contribution in [2.45, 2.75) is 13.8 Å². The molecule has 1 N–H and O–H groups in total. The summed E-state index contributed by atoms with van der Waals surface area (Å²) in [4.78, 5) is 19.2. The maximum atomic E-state index is 11.6. The minimum absolute atomic E-state index is 0.350. The van der Waals surface area contributed by atoms with Gasteiger partial charge in [0.1, 0.15) is 22.5 Å². The van der Waals surface area contributed by atoms with Crippen LogP contribution in [0.5, 0.6) is 0 Å². The van der Waals surface area contributed by atoms with Crippen LogP contribution < -0.4 is 0 Å². The number of H-pyrrole nitrogens is 1. The van der Waals surface area contributed by atoms with E-state index < -0.39 is 0 Å². The molecule has 0 saturated carbocycles. The van der Waals surface area contributed by atoms with Crippen molar-refractivity contribution in [2.24, 2.45) is 0 Å². The van der Waals surface area contributed by atoms with E-state index in [2.05, 4.69) is 9.97 Å². The molecule has 0 radical (unpaired) electrons. The number of rotatable bonds is 2. The zero-order valence-electron chi connectivity index (χ0n) is 10.2. The van der Waals surface area contributed by atoms with Crippen molar-refractivity contribution in [2.75, 3.05) is 6.61 Å². The first kappa shape index (κ1) is 10.8. The molecular formula is C13H13N3O2. The van der Waals surface area contributed by atoms with E-state index in [1.807, 2.05) is 29.7 Å². The molecule has 3 aromatic rings. The van der Waals surface area contributed by atoms with Gasteiger partial charge in [-0.05, 0) is 31.5 Å². The molecule has 3 heterocycles. The Labute approximate surface area is 103 Å². The lowest BCUT2D eigenvalue weighted by atomic mass is 10.3. The van der Waals surface area contributed by atoms with Crippen molar-refractivity contribution >= 4 is 22.8 Å². The summed E-state index contributed by atoms with van der Waals surface area (Å²) in [6, 6.07) is 5.68. The van der Waals surface area contributed by atoms with E-state index in [-0.39, 0.29) is 5.97 Å². The van der Waals surface area contributed by atoms with Crippen LogP contribution in [0.2, 0.25) is 0 Å². The molecular weight excluding hydrogens is 230 g/mol. The minimum Gasteiger partial charge on any atom is -0.461 e. The normalized spacial score (nSPS) is 11.2. The van der Waals surface area contributed by atoms with Crippen LogP contribution in [-0.2, 0) is 4.74 Å². The van der Waals surface area contributed by atoms with Crippen LogP contribution in [0, 0.1) is 6.92 Å². The zero-order chi connectivity index (χ0) is 12.7. The number of hydrogen-bond acceptors (Lipinski definition) is 3. The second-order valence-corrected chi connectivity index (χ2v) is 4.13. The van der Waals surface area contributed by atoms with Crippen molar-refractivity contribution in [3.8, 4) is 0 Å². The Morgan fingerprint density at radius 3 is 3.17 bits per heavy atom. The number of aromatic amines is 1. The zero-order valence-corrected chi connectivity index (χ0v) is 10.2. The highest BCUT2D eigenvalue weighted by atomic mass is 16.5. The first-order valence-electron chi connectivity index (χ1n) is 5.84. The van der Waals surface area contributed by atoms with Crippen LogP contribution in [0.4, 0.5) is 0 Å². The van der Waals surface area contributed by atoms with Crippen molar-refractivity contribution in [3.05, 3.63) is 35.7 Å². The third-order valence-corrected chi connectivity index (χ3v) is 2.90. The number of nitrogens with zero attached hydrogens (tertiary/aromatic N) is 2. The SMILES string of the molecule is CCOC(=O)c1cc2nc3c(C)cccn3c2[nH]1. The molecule has 5 heteroatoms. The van der Waals surface area contributed by atoms with E-state index >= 15 is 0 Å². The van der Waals surface area contributed by atoms with Gasteiger partial charge in [0.2, 0.25) is 0 Å². The van der Waals surface area contributed by atoms with E-state index in [1.54, 1.807) is 13.0 Å². The molecule has 0 bridgehead atoms. The van der Waals surface area contributed by atoms with Gasteiger partial charge in [0, 0.05) is 6.20 Å². The number of carbonyl (C=O) groups is 1. The first-order valence-corrected chi connectivity index (χ1v) is 5.84. The molecule has 0 fully saturated rings. The fraction of sp³-hybridized carbons (Fsp3) is 0.231. The van der Waals surface area contributed by atoms with Crippen molar-refractivity contribution in [1.82, 2.24) is 14.4 Å². The van der Waals surface area contributed by atoms with E-state index in [0.29, 0.717) is 12.3 Å². The molecule has 0 amide bonds. The van der Waals surface area contributed by atoms with Gasteiger partial charge in [-0.15, -0.1) is 0 Å². The maximum Gasteiger partial charge on any atom is 0.354 e. The fourth-order valence-electron chi connectivity index (χ4n) is 2.07. The molecule has 0 aliphatic carbocycles. The number of imidazole rings is 1. The summed E-state index contributed by atoms with van der Waals surface area (Å²) in [5.74, 6) is -0.350. The molecule has 0 aliphatic heterocycles. The van der Waals surface area contributed by atoms with Gasteiger partial charge in [-0.1, -0.05) is 6.07 Å². The van der Waals surface area contributed by atoms with Crippen LogP contribution in [0.1, 0.15) is 23.0 Å². The molecule has 0 aromatic carbocycles. The summed E-state index contributed by atoms with van der Waals surface area (Å²) in [5, 5.41) is 0. The van der Waals surface area contributed by atoms with Crippen molar-refractivity contribution in [3.63, 3.8) is 0 Å². The molecule has 5 nitrogen and oxygen atoms in total. The minimum atomic E-state index is -0.350. The molecule has 0 unspecified atom stereocenters. The standard InChI is InChI=1S/C13H13N3O2/c1-3-18-13(17)10-7-9-12(15-10)16-6-4-5-8(2)11(16)14-9/h4-7,15H,3H2,1-2H3. The number of aromatic nitrogens is 3. The van der Waals surface area contributed by atoms with Gasteiger partial charge < -0.3 is 9.72 Å². The summed E-state index contributed by atoms with van der Waals surface area (Å²) < 4.78 is 6.89. The molecule has 18 heavy (non-hydrogen) atoms. The Hall–Kier alpha value is -2.30. The quantitative estimate of drug-likeness (QED) is 0.702. The smallest absolute Gasteiger partial charge is 0.354 e. The number of ether oxygens (including phenoxy) is 1. The summed E-state index contributed by atoms with van der Waals surface area (Å²) in [7, 11) is 0. The third-order valence-electron chi connectivity index (χ3n) is 2.90. The second kappa shape index (κ2) is 3.87. The predicted octanol–water partition coefficient (Wildman–Crippen LogP) is 2.30. The molecule has 3 aromatic heterocycles. The van der Waals surface area contributed by atoms with Crippen LogP contribution in [0.3, 0.4) is 0 Å². The van der Waals surface area contributed by atoms with Crippen molar-refractivity contribution in [1.29, 1.82) is 0 Å². The fourth-order valence-corrected chi connectivity index (χ4v) is 2.07. The number of pyridine rings is 1. The number of esters is 1. The number of hydrogen-bond donors (Lipinski definition) is 1. The van der Waals surface area contributed by atoms with Gasteiger partial charge in [0.25, 0.3) is 0 Å². The Kier molecular flexibility index (Phi) is 2.33. The van der Waals surface area contributed by atoms with E-state index in [0.717, 1.165) is 22.4 Å². The molecule has 92 valence electrons. The average Bonchev–Trinajstić information content (AvgIpc) is 2.88. The number of fused-ring (bicyclic) bond motifs is 3. The van der Waals surface area contributed by atoms with Gasteiger partial charge in [-0.25, -0.2) is 9.78 Å². The predicted molar refractivity (Wildman–Crippen MR) is 67.7 cm³/mol. The lowest BCUT2D eigenvalue weighted by Gasteiger charge is -1.99. The summed E-state index contributed by atoms with van der Waals surface area (Å²) in [6.45, 7) is 4.16. The van der Waals surface area contributed by atoms with Crippen LogP contribution in [0.15, 0.2) is 24.4 Å². The first-order chi connectivity index (χ1) is 8.70. The third kappa shape index (κ3) is 1.48. The highest BCUT2D eigenvalue weighted by molar-refractivity contribution is 5.94. The molecule has 0 aliphatic rings. The van der Waals surface area contributed by atoms with Crippen LogP contribution in [0.25, 0.3) is 16.8 Å². The van der Waals surface area contributed by atoms with E-state index in [9.17, 15) is 4.79 Å². The monoisotopic (exact) mass is 243 g/mol. The summed E-state index contributed by atoms with van der Waals surface area (Å²) in [5.41, 5.74) is 4.02. The van der Waals surface area contributed by atoms with Gasteiger partial charge in [-0.3, -0.25) is 4.40 Å². The highest BCUT2D eigenvalue weighted by Crippen LogP contribution is 2.19. The van der Waals surface area contributed by atoms with Gasteiger partial charge >= 0.3 is 5.97 Å². The topological polar surface area (TPSA) is 59.4 Å². The Bertz CT molecular complexity index is 739. The average molecular weight is 243 g/mol. The van der Waals surface area contributed by atoms with Crippen LogP contribution >= 0.6 is 0 Å². The van der Waals surface area contributed by atoms with E-state index in [1.165, 1.54) is 0 Å². The lowest BCUT2D eigenvalue weighted by Crippen LogP contribution is -2.04. The molecule has 0 spiro atoms. The second-order valence-electron chi connectivity index (χ2n) is 4.13. The number of nitrogens with one attached hydrogen (secondary N) is 1. The Morgan fingerprint density at radius 2 is 2.39 bits per heavy atom. The molecule has 0 atom stereocenters. The number of aryl methyl sites for hydroxylation is 1. The number of carbonyl (C=O) groups excluding carboxylic acids is 1. The largest absolute Gasteiger partial charge is 0.461 e. The summed E-state index contributed by atoms with van der Waals surface area (Å²) >= 11 is 0. The van der Waals surface area contributed by atoms with E-state index in [4.69, 9.17) is 4.74 Å². The maximum absolute atomic E-state index is 11.6. The van der Waals surface area contributed by atoms with Crippen molar-refractivity contribution < 1.29 is 9.53 Å². The Morgan fingerprint density at radius 1 is 1.56 bits per heavy atom. The Balaban J connectivity index is 2.20.